The Bertz CT molecular complexity index is 265. The molecule has 0 spiro atoms. The second-order valence-electron chi connectivity index (χ2n) is 4.41. The van der Waals surface area contributed by atoms with Crippen LogP contribution in [-0.2, 0) is 6.42 Å². The Morgan fingerprint density at radius 3 is 2.87 bits per heavy atom. The van der Waals surface area contributed by atoms with Gasteiger partial charge in [0.05, 0.1) is 0 Å². The Morgan fingerprint density at radius 2 is 2.13 bits per heavy atom. The van der Waals surface area contributed by atoms with Crippen LogP contribution in [0.3, 0.4) is 0 Å². The molecule has 0 atom stereocenters. The molecule has 0 amide bonds. The quantitative estimate of drug-likeness (QED) is 0.814. The topological polar surface area (TPSA) is 24.9 Å². The first-order chi connectivity index (χ1) is 7.45. The van der Waals surface area contributed by atoms with Crippen LogP contribution in [0.2, 0.25) is 0 Å². The zero-order valence-corrected chi connectivity index (χ0v) is 9.28. The van der Waals surface area contributed by atoms with E-state index in [9.17, 15) is 0 Å². The van der Waals surface area contributed by atoms with Crippen LogP contribution >= 0.6 is 0 Å². The van der Waals surface area contributed by atoms with Gasteiger partial charge in [0.15, 0.2) is 0 Å². The van der Waals surface area contributed by atoms with Crippen molar-refractivity contribution in [1.82, 2.24) is 10.3 Å². The van der Waals surface area contributed by atoms with Gasteiger partial charge in [-0.25, -0.2) is 0 Å². The van der Waals surface area contributed by atoms with Crippen molar-refractivity contribution in [2.24, 2.45) is 5.92 Å². The Hall–Kier alpha value is -0.890. The highest BCUT2D eigenvalue weighted by atomic mass is 14.9. The van der Waals surface area contributed by atoms with Gasteiger partial charge in [0.2, 0.25) is 0 Å². The maximum atomic E-state index is 4.35. The molecule has 0 aromatic carbocycles. The van der Waals surface area contributed by atoms with Gasteiger partial charge in [-0.05, 0) is 63.2 Å². The van der Waals surface area contributed by atoms with Crippen LogP contribution < -0.4 is 5.32 Å². The van der Waals surface area contributed by atoms with E-state index in [1.54, 1.807) is 0 Å². The SMILES string of the molecule is c1ccc(CCCC2CCNCC2)nc1. The Labute approximate surface area is 92.1 Å². The van der Waals surface area contributed by atoms with E-state index < -0.39 is 0 Å². The number of aryl methyl sites for hydroxylation is 1. The first kappa shape index (κ1) is 10.6. The van der Waals surface area contributed by atoms with Gasteiger partial charge in [-0.2, -0.15) is 0 Å². The first-order valence-corrected chi connectivity index (χ1v) is 6.06. The number of piperidine rings is 1. The zero-order chi connectivity index (χ0) is 10.3. The molecule has 2 rings (SSSR count). The highest BCUT2D eigenvalue weighted by Gasteiger charge is 2.12. The number of hydrogen-bond acceptors (Lipinski definition) is 2. The number of rotatable bonds is 4. The molecule has 1 N–H and O–H groups in total. The Balaban J connectivity index is 1.66. The number of nitrogens with zero attached hydrogens (tertiary/aromatic N) is 1. The first-order valence-electron chi connectivity index (χ1n) is 6.06. The van der Waals surface area contributed by atoms with Crippen LogP contribution in [0.15, 0.2) is 24.4 Å². The largest absolute Gasteiger partial charge is 0.317 e. The van der Waals surface area contributed by atoms with Gasteiger partial charge >= 0.3 is 0 Å². The van der Waals surface area contributed by atoms with Crippen molar-refractivity contribution in [2.75, 3.05) is 13.1 Å². The number of hydrogen-bond donors (Lipinski definition) is 1. The van der Waals surface area contributed by atoms with Gasteiger partial charge in [0.1, 0.15) is 0 Å². The number of pyridine rings is 1. The zero-order valence-electron chi connectivity index (χ0n) is 9.28. The molecule has 15 heavy (non-hydrogen) atoms. The minimum atomic E-state index is 0.954. The summed E-state index contributed by atoms with van der Waals surface area (Å²) in [4.78, 5) is 4.35. The Kier molecular flexibility index (Phi) is 4.15. The minimum Gasteiger partial charge on any atom is -0.317 e. The summed E-state index contributed by atoms with van der Waals surface area (Å²) in [7, 11) is 0. The smallest absolute Gasteiger partial charge is 0.0403 e. The molecule has 2 nitrogen and oxygen atoms in total. The van der Waals surface area contributed by atoms with E-state index in [2.05, 4.69) is 22.4 Å². The molecule has 1 aliphatic rings. The fourth-order valence-corrected chi connectivity index (χ4v) is 2.29. The second-order valence-corrected chi connectivity index (χ2v) is 4.41. The van der Waals surface area contributed by atoms with Crippen molar-refractivity contribution in [3.05, 3.63) is 30.1 Å². The highest BCUT2D eigenvalue weighted by Crippen LogP contribution is 2.18. The molecule has 1 aromatic heterocycles. The van der Waals surface area contributed by atoms with Gasteiger partial charge < -0.3 is 5.32 Å². The molecule has 2 heteroatoms. The van der Waals surface area contributed by atoms with E-state index in [-0.39, 0.29) is 0 Å². The standard InChI is InChI=1S/C13H20N2/c1-2-9-15-13(5-1)6-3-4-12-7-10-14-11-8-12/h1-2,5,9,12,14H,3-4,6-8,10-11H2. The average molecular weight is 204 g/mol. The summed E-state index contributed by atoms with van der Waals surface area (Å²) in [6, 6.07) is 6.19. The molecule has 0 saturated carbocycles. The molecule has 1 saturated heterocycles. The van der Waals surface area contributed by atoms with Crippen LogP contribution in [-0.4, -0.2) is 18.1 Å². The molecule has 1 aromatic rings. The monoisotopic (exact) mass is 204 g/mol. The molecule has 0 bridgehead atoms. The third kappa shape index (κ3) is 3.63. The van der Waals surface area contributed by atoms with Gasteiger partial charge in [0, 0.05) is 11.9 Å². The maximum Gasteiger partial charge on any atom is 0.0403 e. The van der Waals surface area contributed by atoms with E-state index in [0.29, 0.717) is 0 Å². The maximum absolute atomic E-state index is 4.35. The molecule has 0 radical (unpaired) electrons. The highest BCUT2D eigenvalue weighted by molar-refractivity contribution is 5.03. The molecule has 1 aliphatic heterocycles. The number of nitrogens with one attached hydrogen (secondary N) is 1. The fourth-order valence-electron chi connectivity index (χ4n) is 2.29. The summed E-state index contributed by atoms with van der Waals surface area (Å²) in [6.07, 6.45) is 8.43. The Morgan fingerprint density at radius 1 is 1.27 bits per heavy atom. The van der Waals surface area contributed by atoms with E-state index in [1.165, 1.54) is 44.5 Å². The van der Waals surface area contributed by atoms with Crippen molar-refractivity contribution in [3.63, 3.8) is 0 Å². The molecule has 1 fully saturated rings. The predicted octanol–water partition coefficient (Wildman–Crippen LogP) is 2.40. The summed E-state index contributed by atoms with van der Waals surface area (Å²) in [5.74, 6) is 0.954. The van der Waals surface area contributed by atoms with Crippen molar-refractivity contribution >= 4 is 0 Å². The lowest BCUT2D eigenvalue weighted by Crippen LogP contribution is -2.27. The average Bonchev–Trinajstić information content (AvgIpc) is 2.32. The molecule has 82 valence electrons. The predicted molar refractivity (Wildman–Crippen MR) is 62.8 cm³/mol. The molecular weight excluding hydrogens is 184 g/mol. The third-order valence-electron chi connectivity index (χ3n) is 3.23. The van der Waals surface area contributed by atoms with Crippen LogP contribution in [0.5, 0.6) is 0 Å². The van der Waals surface area contributed by atoms with Crippen molar-refractivity contribution in [2.45, 2.75) is 32.1 Å². The lowest BCUT2D eigenvalue weighted by atomic mass is 9.92. The molecule has 2 heterocycles. The number of aromatic nitrogens is 1. The van der Waals surface area contributed by atoms with Crippen LogP contribution in [0, 0.1) is 5.92 Å². The summed E-state index contributed by atoms with van der Waals surface area (Å²) in [5.41, 5.74) is 1.24. The lowest BCUT2D eigenvalue weighted by Gasteiger charge is -2.22. The van der Waals surface area contributed by atoms with Crippen LogP contribution in [0.25, 0.3) is 0 Å². The molecule has 0 unspecified atom stereocenters. The van der Waals surface area contributed by atoms with Gasteiger partial charge in [0.25, 0.3) is 0 Å². The normalized spacial score (nSPS) is 17.9. The summed E-state index contributed by atoms with van der Waals surface area (Å²) >= 11 is 0. The van der Waals surface area contributed by atoms with Crippen LogP contribution in [0.4, 0.5) is 0 Å². The van der Waals surface area contributed by atoms with E-state index in [0.717, 1.165) is 12.3 Å². The van der Waals surface area contributed by atoms with Crippen molar-refractivity contribution < 1.29 is 0 Å². The third-order valence-corrected chi connectivity index (χ3v) is 3.23. The lowest BCUT2D eigenvalue weighted by molar-refractivity contribution is 0.347. The summed E-state index contributed by atoms with van der Waals surface area (Å²) in [6.45, 7) is 2.43. The van der Waals surface area contributed by atoms with E-state index in [4.69, 9.17) is 0 Å². The van der Waals surface area contributed by atoms with E-state index in [1.807, 2.05) is 12.3 Å². The molecule has 0 aliphatic carbocycles. The second kappa shape index (κ2) is 5.86. The minimum absolute atomic E-state index is 0.954. The summed E-state index contributed by atoms with van der Waals surface area (Å²) < 4.78 is 0. The van der Waals surface area contributed by atoms with Gasteiger partial charge in [-0.3, -0.25) is 4.98 Å². The summed E-state index contributed by atoms with van der Waals surface area (Å²) in [5, 5.41) is 3.41. The fraction of sp³-hybridized carbons (Fsp3) is 0.615. The van der Waals surface area contributed by atoms with Gasteiger partial charge in [-0.1, -0.05) is 6.07 Å². The van der Waals surface area contributed by atoms with E-state index >= 15 is 0 Å². The molecular formula is C13H20N2. The van der Waals surface area contributed by atoms with Gasteiger partial charge in [-0.15, -0.1) is 0 Å². The van der Waals surface area contributed by atoms with Crippen LogP contribution in [0.1, 0.15) is 31.4 Å². The van der Waals surface area contributed by atoms with Crippen molar-refractivity contribution in [1.29, 1.82) is 0 Å². The van der Waals surface area contributed by atoms with Crippen molar-refractivity contribution in [3.8, 4) is 0 Å².